The molecule has 3 N–H and O–H groups in total. The molecule has 9 nitrogen and oxygen atoms in total. The Morgan fingerprint density at radius 3 is 2.64 bits per heavy atom. The Morgan fingerprint density at radius 1 is 1.18 bits per heavy atom. The predicted molar refractivity (Wildman–Crippen MR) is 107 cm³/mol. The summed E-state index contributed by atoms with van der Waals surface area (Å²) >= 11 is 11.9. The number of amidine groups is 1. The normalized spacial score (nSPS) is 13.3. The Labute approximate surface area is 169 Å². The van der Waals surface area contributed by atoms with Crippen LogP contribution in [0.25, 0.3) is 5.69 Å². The first kappa shape index (κ1) is 18.2. The van der Waals surface area contributed by atoms with Gasteiger partial charge in [-0.25, -0.2) is 10.2 Å². The SMILES string of the molecule is O=[N+]([O-])c1ccc(CN2NNN=C2c2c[nH]n(-c3ccccc3Cl)c2=S)cc1. The molecule has 2 aromatic carbocycles. The summed E-state index contributed by atoms with van der Waals surface area (Å²) in [5, 5.41) is 20.5. The molecule has 0 fully saturated rings. The molecule has 0 radical (unpaired) electrons. The molecular weight excluding hydrogens is 402 g/mol. The Hall–Kier alpha value is -3.21. The van der Waals surface area contributed by atoms with Gasteiger partial charge >= 0.3 is 0 Å². The number of rotatable bonds is 5. The summed E-state index contributed by atoms with van der Waals surface area (Å²) in [4.78, 5) is 10.4. The molecule has 1 aliphatic rings. The molecule has 0 amide bonds. The maximum absolute atomic E-state index is 10.8. The molecule has 0 atom stereocenters. The number of nitro groups is 1. The fraction of sp³-hybridized carbons (Fsp3) is 0.0588. The van der Waals surface area contributed by atoms with Crippen LogP contribution in [0, 0.1) is 14.8 Å². The third-order valence-corrected chi connectivity index (χ3v) is 4.92. The first-order chi connectivity index (χ1) is 13.5. The molecule has 142 valence electrons. The van der Waals surface area contributed by atoms with E-state index < -0.39 is 4.92 Å². The van der Waals surface area contributed by atoms with E-state index in [0.717, 1.165) is 11.3 Å². The first-order valence-electron chi connectivity index (χ1n) is 8.19. The quantitative estimate of drug-likeness (QED) is 0.335. The van der Waals surface area contributed by atoms with Crippen molar-refractivity contribution in [1.82, 2.24) is 25.9 Å². The van der Waals surface area contributed by atoms with Crippen molar-refractivity contribution in [3.8, 4) is 5.69 Å². The van der Waals surface area contributed by atoms with E-state index in [0.29, 0.717) is 27.6 Å². The molecule has 11 heteroatoms. The van der Waals surface area contributed by atoms with Gasteiger partial charge in [-0.05, 0) is 17.7 Å². The lowest BCUT2D eigenvalue weighted by atomic mass is 10.2. The molecule has 0 saturated carbocycles. The zero-order chi connectivity index (χ0) is 19.7. The number of hydrazone groups is 1. The van der Waals surface area contributed by atoms with Gasteiger partial charge in [0.1, 0.15) is 4.64 Å². The molecule has 2 heterocycles. The predicted octanol–water partition coefficient (Wildman–Crippen LogP) is 3.28. The highest BCUT2D eigenvalue weighted by Crippen LogP contribution is 2.22. The summed E-state index contributed by atoms with van der Waals surface area (Å²) in [6.07, 6.45) is 1.75. The summed E-state index contributed by atoms with van der Waals surface area (Å²) in [7, 11) is 0. The molecular formula is C17H14ClN7O2S. The van der Waals surface area contributed by atoms with Crippen molar-refractivity contribution in [2.45, 2.75) is 6.54 Å². The van der Waals surface area contributed by atoms with Crippen molar-refractivity contribution in [3.05, 3.63) is 85.6 Å². The van der Waals surface area contributed by atoms with Crippen LogP contribution in [-0.4, -0.2) is 25.5 Å². The van der Waals surface area contributed by atoms with E-state index in [9.17, 15) is 10.1 Å². The number of benzene rings is 2. The number of halogens is 1. The van der Waals surface area contributed by atoms with Gasteiger partial charge in [-0.15, -0.1) is 10.6 Å². The molecule has 0 bridgehead atoms. The molecule has 0 spiro atoms. The Morgan fingerprint density at radius 2 is 1.93 bits per heavy atom. The Bertz CT molecular complexity index is 1120. The van der Waals surface area contributed by atoms with Crippen LogP contribution in [0.1, 0.15) is 11.1 Å². The third-order valence-electron chi connectivity index (χ3n) is 4.20. The minimum atomic E-state index is -0.428. The topological polar surface area (TPSA) is 104 Å². The second-order valence-corrected chi connectivity index (χ2v) is 6.74. The number of aromatic nitrogens is 2. The van der Waals surface area contributed by atoms with Crippen molar-refractivity contribution in [1.29, 1.82) is 0 Å². The summed E-state index contributed by atoms with van der Waals surface area (Å²) < 4.78 is 2.23. The summed E-state index contributed by atoms with van der Waals surface area (Å²) in [6.45, 7) is 0.426. The lowest BCUT2D eigenvalue weighted by molar-refractivity contribution is -0.384. The van der Waals surface area contributed by atoms with Crippen LogP contribution >= 0.6 is 23.8 Å². The molecule has 0 saturated heterocycles. The molecule has 28 heavy (non-hydrogen) atoms. The number of nitrogens with zero attached hydrogens (tertiary/aromatic N) is 4. The number of H-pyrrole nitrogens is 1. The minimum Gasteiger partial charge on any atom is -0.299 e. The van der Waals surface area contributed by atoms with Gasteiger partial charge in [-0.2, -0.15) is 0 Å². The van der Waals surface area contributed by atoms with Crippen molar-refractivity contribution < 1.29 is 4.92 Å². The zero-order valence-corrected chi connectivity index (χ0v) is 15.9. The van der Waals surface area contributed by atoms with Crippen LogP contribution in [0.2, 0.25) is 5.02 Å². The van der Waals surface area contributed by atoms with Gasteiger partial charge in [0.15, 0.2) is 5.84 Å². The van der Waals surface area contributed by atoms with Gasteiger partial charge < -0.3 is 0 Å². The smallest absolute Gasteiger partial charge is 0.269 e. The van der Waals surface area contributed by atoms with Crippen LogP contribution in [0.3, 0.4) is 0 Å². The average molecular weight is 416 g/mol. The number of nitro benzene ring substituents is 1. The Kier molecular flexibility index (Phi) is 4.82. The number of non-ortho nitro benzene ring substituents is 1. The number of nitrogens with one attached hydrogen (secondary N) is 3. The van der Waals surface area contributed by atoms with Crippen molar-refractivity contribution in [2.24, 2.45) is 5.10 Å². The van der Waals surface area contributed by atoms with E-state index >= 15 is 0 Å². The van der Waals surface area contributed by atoms with Crippen molar-refractivity contribution in [3.63, 3.8) is 0 Å². The van der Waals surface area contributed by atoms with E-state index in [4.69, 9.17) is 23.8 Å². The van der Waals surface area contributed by atoms with Crippen LogP contribution in [0.15, 0.2) is 59.8 Å². The molecule has 1 aromatic heterocycles. The van der Waals surface area contributed by atoms with E-state index in [1.807, 2.05) is 18.2 Å². The number of hydrogen-bond donors (Lipinski definition) is 3. The monoisotopic (exact) mass is 415 g/mol. The standard InChI is InChI=1S/C17H14ClN7O2S/c18-14-3-1-2-4-15(14)24-17(28)13(9-19-24)16-20-21-22-23(16)10-11-5-7-12(8-6-11)25(26)27/h1-9,19,21-22H,10H2. The van der Waals surface area contributed by atoms with E-state index in [1.54, 1.807) is 34.1 Å². The van der Waals surface area contributed by atoms with Crippen LogP contribution in [0.5, 0.6) is 0 Å². The van der Waals surface area contributed by atoms with Gasteiger partial charge in [0.25, 0.3) is 5.69 Å². The minimum absolute atomic E-state index is 0.0457. The van der Waals surface area contributed by atoms with Gasteiger partial charge in [-0.1, -0.05) is 48.1 Å². The average Bonchev–Trinajstić information content (AvgIpc) is 3.29. The maximum Gasteiger partial charge on any atom is 0.269 e. The molecule has 1 aliphatic heterocycles. The Balaban J connectivity index is 1.60. The zero-order valence-electron chi connectivity index (χ0n) is 14.3. The van der Waals surface area contributed by atoms with Gasteiger partial charge in [0.2, 0.25) is 0 Å². The van der Waals surface area contributed by atoms with Gasteiger partial charge in [0.05, 0.1) is 27.7 Å². The third kappa shape index (κ3) is 3.36. The van der Waals surface area contributed by atoms with Crippen LogP contribution in [-0.2, 0) is 6.54 Å². The number of para-hydroxylation sites is 1. The molecule has 3 aromatic rings. The molecule has 0 unspecified atom stereocenters. The lowest BCUT2D eigenvalue weighted by Gasteiger charge is -2.18. The first-order valence-corrected chi connectivity index (χ1v) is 8.98. The van der Waals surface area contributed by atoms with Crippen molar-refractivity contribution in [2.75, 3.05) is 0 Å². The largest absolute Gasteiger partial charge is 0.299 e. The van der Waals surface area contributed by atoms with Crippen molar-refractivity contribution >= 4 is 35.3 Å². The summed E-state index contributed by atoms with van der Waals surface area (Å²) in [5.41, 5.74) is 8.00. The second-order valence-electron chi connectivity index (χ2n) is 5.95. The fourth-order valence-corrected chi connectivity index (χ4v) is 3.34. The summed E-state index contributed by atoms with van der Waals surface area (Å²) in [5.74, 6) is 0.588. The van der Waals surface area contributed by atoms with Crippen LogP contribution < -0.4 is 11.1 Å². The number of hydrazine groups is 2. The number of aromatic amines is 1. The maximum atomic E-state index is 10.8. The fourth-order valence-electron chi connectivity index (χ4n) is 2.82. The summed E-state index contributed by atoms with van der Waals surface area (Å²) in [6, 6.07) is 13.7. The highest BCUT2D eigenvalue weighted by atomic mass is 35.5. The number of hydrogen-bond acceptors (Lipinski definition) is 7. The molecule has 4 rings (SSSR count). The lowest BCUT2D eigenvalue weighted by Crippen LogP contribution is -2.40. The van der Waals surface area contributed by atoms with E-state index in [2.05, 4.69) is 21.3 Å². The van der Waals surface area contributed by atoms with E-state index in [1.165, 1.54) is 12.1 Å². The second kappa shape index (κ2) is 7.43. The van der Waals surface area contributed by atoms with Crippen LogP contribution in [0.4, 0.5) is 5.69 Å². The van der Waals surface area contributed by atoms with E-state index in [-0.39, 0.29) is 5.69 Å². The molecule has 0 aliphatic carbocycles. The highest BCUT2D eigenvalue weighted by molar-refractivity contribution is 7.71. The van der Waals surface area contributed by atoms with Gasteiger partial charge in [-0.3, -0.25) is 20.2 Å². The van der Waals surface area contributed by atoms with Gasteiger partial charge in [0, 0.05) is 18.3 Å². The highest BCUT2D eigenvalue weighted by Gasteiger charge is 2.23.